The number of hydrogen-bond donors (Lipinski definition) is 0. The third-order valence-corrected chi connectivity index (χ3v) is 3.55. The number of ether oxygens (including phenoxy) is 1. The lowest BCUT2D eigenvalue weighted by Crippen LogP contribution is -2.08. The molecule has 0 atom stereocenters. The molecule has 0 spiro atoms. The molecule has 0 radical (unpaired) electrons. The molecule has 0 bridgehead atoms. The third-order valence-electron chi connectivity index (χ3n) is 3.55. The van der Waals surface area contributed by atoms with Crippen LogP contribution in [0.3, 0.4) is 0 Å². The van der Waals surface area contributed by atoms with Crippen LogP contribution in [0, 0.1) is 0 Å². The molecule has 0 amide bonds. The zero-order valence-electron chi connectivity index (χ0n) is 11.9. The van der Waals surface area contributed by atoms with Crippen molar-refractivity contribution in [2.24, 2.45) is 0 Å². The topological polar surface area (TPSA) is 43.4 Å². The average molecular weight is 290 g/mol. The van der Waals surface area contributed by atoms with Crippen LogP contribution in [0.25, 0.3) is 10.8 Å². The van der Waals surface area contributed by atoms with Crippen LogP contribution in [0.5, 0.6) is 0 Å². The van der Waals surface area contributed by atoms with Gasteiger partial charge in [0, 0.05) is 5.56 Å². The molecule has 0 aliphatic heterocycles. The quantitative estimate of drug-likeness (QED) is 0.538. The van der Waals surface area contributed by atoms with Gasteiger partial charge in [0.05, 0.1) is 5.56 Å². The van der Waals surface area contributed by atoms with Crippen molar-refractivity contribution in [2.75, 3.05) is 0 Å². The van der Waals surface area contributed by atoms with Crippen molar-refractivity contribution in [1.82, 2.24) is 0 Å². The van der Waals surface area contributed by atoms with E-state index in [2.05, 4.69) is 0 Å². The minimum Gasteiger partial charge on any atom is -0.457 e. The van der Waals surface area contributed by atoms with Crippen LogP contribution in [0.15, 0.2) is 66.7 Å². The van der Waals surface area contributed by atoms with E-state index in [0.717, 1.165) is 16.3 Å². The van der Waals surface area contributed by atoms with E-state index >= 15 is 0 Å². The first-order valence-corrected chi connectivity index (χ1v) is 6.97. The van der Waals surface area contributed by atoms with Crippen molar-refractivity contribution >= 4 is 23.0 Å². The minimum atomic E-state index is -0.490. The van der Waals surface area contributed by atoms with Gasteiger partial charge < -0.3 is 4.74 Å². The fourth-order valence-electron chi connectivity index (χ4n) is 2.43. The molecular formula is C19H14O3. The molecule has 3 aromatic rings. The normalized spacial score (nSPS) is 10.4. The number of esters is 1. The summed E-state index contributed by atoms with van der Waals surface area (Å²) in [5.74, 6) is -0.490. The molecule has 0 saturated carbocycles. The summed E-state index contributed by atoms with van der Waals surface area (Å²) in [4.78, 5) is 23.1. The standard InChI is InChI=1S/C19H14O3/c20-12-15-7-2-4-11-18(15)19(21)22-13-16-9-5-8-14-6-1-3-10-17(14)16/h1-12H,13H2. The fourth-order valence-corrected chi connectivity index (χ4v) is 2.43. The summed E-state index contributed by atoms with van der Waals surface area (Å²) in [5, 5.41) is 2.16. The second-order valence-electron chi connectivity index (χ2n) is 4.92. The molecule has 0 fully saturated rings. The van der Waals surface area contributed by atoms with Gasteiger partial charge in [0.15, 0.2) is 6.29 Å². The predicted molar refractivity (Wildman–Crippen MR) is 84.9 cm³/mol. The van der Waals surface area contributed by atoms with Crippen LogP contribution in [0.4, 0.5) is 0 Å². The van der Waals surface area contributed by atoms with Crippen molar-refractivity contribution in [1.29, 1.82) is 0 Å². The molecule has 0 heterocycles. The van der Waals surface area contributed by atoms with Gasteiger partial charge in [-0.1, -0.05) is 60.7 Å². The van der Waals surface area contributed by atoms with Crippen molar-refractivity contribution in [3.8, 4) is 0 Å². The van der Waals surface area contributed by atoms with Crippen LogP contribution >= 0.6 is 0 Å². The fraction of sp³-hybridized carbons (Fsp3) is 0.0526. The molecule has 3 nitrogen and oxygen atoms in total. The lowest BCUT2D eigenvalue weighted by Gasteiger charge is -2.09. The number of carbonyl (C=O) groups is 2. The molecular weight excluding hydrogens is 276 g/mol. The van der Waals surface area contributed by atoms with E-state index in [1.807, 2.05) is 42.5 Å². The number of fused-ring (bicyclic) bond motifs is 1. The Morgan fingerprint density at radius 1 is 0.909 bits per heavy atom. The summed E-state index contributed by atoms with van der Waals surface area (Å²) in [5.41, 5.74) is 1.57. The molecule has 3 rings (SSSR count). The van der Waals surface area contributed by atoms with E-state index in [9.17, 15) is 9.59 Å². The van der Waals surface area contributed by atoms with Gasteiger partial charge in [0.25, 0.3) is 0 Å². The molecule has 108 valence electrons. The van der Waals surface area contributed by atoms with Gasteiger partial charge in [-0.3, -0.25) is 4.79 Å². The van der Waals surface area contributed by atoms with Gasteiger partial charge in [-0.05, 0) is 22.4 Å². The van der Waals surface area contributed by atoms with E-state index in [-0.39, 0.29) is 12.2 Å². The lowest BCUT2D eigenvalue weighted by molar-refractivity contribution is 0.0472. The molecule has 22 heavy (non-hydrogen) atoms. The molecule has 3 aromatic carbocycles. The van der Waals surface area contributed by atoms with E-state index in [4.69, 9.17) is 4.74 Å². The van der Waals surface area contributed by atoms with E-state index in [1.54, 1.807) is 24.3 Å². The molecule has 0 aliphatic rings. The smallest absolute Gasteiger partial charge is 0.339 e. The highest BCUT2D eigenvalue weighted by molar-refractivity contribution is 5.98. The van der Waals surface area contributed by atoms with Crippen LogP contribution in [0.2, 0.25) is 0 Å². The van der Waals surface area contributed by atoms with E-state index < -0.39 is 5.97 Å². The molecule has 0 saturated heterocycles. The summed E-state index contributed by atoms with van der Waals surface area (Å²) < 4.78 is 5.37. The Morgan fingerprint density at radius 3 is 2.50 bits per heavy atom. The molecule has 0 aromatic heterocycles. The highest BCUT2D eigenvalue weighted by atomic mass is 16.5. The first-order valence-electron chi connectivity index (χ1n) is 6.97. The summed E-state index contributed by atoms with van der Waals surface area (Å²) in [6, 6.07) is 20.4. The number of aldehydes is 1. The Labute approximate surface area is 128 Å². The number of hydrogen-bond acceptors (Lipinski definition) is 3. The second-order valence-corrected chi connectivity index (χ2v) is 4.92. The van der Waals surface area contributed by atoms with Crippen LogP contribution in [0.1, 0.15) is 26.3 Å². The van der Waals surface area contributed by atoms with Crippen molar-refractivity contribution in [3.05, 3.63) is 83.4 Å². The second kappa shape index (κ2) is 6.22. The van der Waals surface area contributed by atoms with Gasteiger partial charge in [-0.25, -0.2) is 4.79 Å². The molecule has 0 unspecified atom stereocenters. The van der Waals surface area contributed by atoms with Gasteiger partial charge >= 0.3 is 5.97 Å². The Bertz CT molecular complexity index is 831. The molecule has 3 heteroatoms. The van der Waals surface area contributed by atoms with Crippen molar-refractivity contribution in [2.45, 2.75) is 6.61 Å². The highest BCUT2D eigenvalue weighted by Gasteiger charge is 2.12. The summed E-state index contributed by atoms with van der Waals surface area (Å²) >= 11 is 0. The minimum absolute atomic E-state index is 0.174. The van der Waals surface area contributed by atoms with Gasteiger partial charge in [0.2, 0.25) is 0 Å². The monoisotopic (exact) mass is 290 g/mol. The van der Waals surface area contributed by atoms with Crippen LogP contribution in [-0.4, -0.2) is 12.3 Å². The van der Waals surface area contributed by atoms with Crippen LogP contribution in [-0.2, 0) is 11.3 Å². The van der Waals surface area contributed by atoms with Gasteiger partial charge in [0.1, 0.15) is 6.61 Å². The van der Waals surface area contributed by atoms with Gasteiger partial charge in [-0.15, -0.1) is 0 Å². The lowest BCUT2D eigenvalue weighted by atomic mass is 10.1. The molecule has 0 aliphatic carbocycles. The summed E-state index contributed by atoms with van der Waals surface area (Å²) in [6.07, 6.45) is 0.661. The Kier molecular flexibility index (Phi) is 3.97. The number of benzene rings is 3. The Hall–Kier alpha value is -2.94. The predicted octanol–water partition coefficient (Wildman–Crippen LogP) is 4.01. The Morgan fingerprint density at radius 2 is 1.64 bits per heavy atom. The first kappa shape index (κ1) is 14.0. The third kappa shape index (κ3) is 2.74. The maximum Gasteiger partial charge on any atom is 0.339 e. The summed E-state index contributed by atoms with van der Waals surface area (Å²) in [7, 11) is 0. The van der Waals surface area contributed by atoms with Crippen molar-refractivity contribution in [3.63, 3.8) is 0 Å². The number of rotatable bonds is 4. The van der Waals surface area contributed by atoms with Crippen LogP contribution < -0.4 is 0 Å². The highest BCUT2D eigenvalue weighted by Crippen LogP contribution is 2.20. The van der Waals surface area contributed by atoms with E-state index in [0.29, 0.717) is 11.8 Å². The Balaban J connectivity index is 1.82. The first-order chi connectivity index (χ1) is 10.8. The summed E-state index contributed by atoms with van der Waals surface area (Å²) in [6.45, 7) is 0.174. The molecule has 0 N–H and O–H groups in total. The number of carbonyl (C=O) groups excluding carboxylic acids is 2. The maximum atomic E-state index is 12.2. The maximum absolute atomic E-state index is 12.2. The van der Waals surface area contributed by atoms with E-state index in [1.165, 1.54) is 0 Å². The van der Waals surface area contributed by atoms with Crippen molar-refractivity contribution < 1.29 is 14.3 Å². The zero-order valence-corrected chi connectivity index (χ0v) is 11.9. The largest absolute Gasteiger partial charge is 0.457 e. The van der Waals surface area contributed by atoms with Gasteiger partial charge in [-0.2, -0.15) is 0 Å². The zero-order chi connectivity index (χ0) is 15.4. The average Bonchev–Trinajstić information content (AvgIpc) is 2.59. The SMILES string of the molecule is O=Cc1ccccc1C(=O)OCc1cccc2ccccc12.